The number of carboxylic acid groups (broad SMARTS) is 1. The van der Waals surface area contributed by atoms with Crippen LogP contribution < -0.4 is 5.32 Å². The predicted octanol–water partition coefficient (Wildman–Crippen LogP) is 3.25. The number of alkyl carbamates (subject to hydrolysis) is 1. The molecule has 186 valence electrons. The maximum Gasteiger partial charge on any atom is 0.407 e. The zero-order valence-electron chi connectivity index (χ0n) is 18.9. The van der Waals surface area contributed by atoms with Crippen LogP contribution in [0.5, 0.6) is 0 Å². The number of carbonyl (C=O) groups is 3. The number of nitrogens with one attached hydrogen (secondary N) is 1. The highest BCUT2D eigenvalue weighted by Crippen LogP contribution is 2.44. The largest absolute Gasteiger partial charge is 0.481 e. The Labute approximate surface area is 200 Å². The summed E-state index contributed by atoms with van der Waals surface area (Å²) in [5.74, 6) is -2.17. The van der Waals surface area contributed by atoms with Crippen LogP contribution in [0.2, 0.25) is 0 Å². The number of aliphatic carboxylic acids is 1. The number of hydrogen-bond donors (Lipinski definition) is 2. The van der Waals surface area contributed by atoms with Gasteiger partial charge in [-0.1, -0.05) is 48.5 Å². The Kier molecular flexibility index (Phi) is 7.60. The van der Waals surface area contributed by atoms with Crippen molar-refractivity contribution in [3.63, 3.8) is 0 Å². The lowest BCUT2D eigenvalue weighted by molar-refractivity contribution is -0.142. The summed E-state index contributed by atoms with van der Waals surface area (Å²) in [5.41, 5.74) is 4.14. The first kappa shape index (κ1) is 24.6. The summed E-state index contributed by atoms with van der Waals surface area (Å²) < 4.78 is 36.4. The van der Waals surface area contributed by atoms with E-state index in [1.807, 2.05) is 48.5 Å². The monoisotopic (exact) mass is 488 g/mol. The standard InChI is InChI=1S/C25H26F2N2O6/c26-23(27)21-9-10-29(11-12-34-21)24(32)20(13-22(30)31)28-25(33)35-14-19-17-7-3-1-5-15(17)16-6-2-4-8-18(16)19/h1-8,19-21,23H,9-14H2,(H,28,33)(H,30,31). The van der Waals surface area contributed by atoms with E-state index >= 15 is 0 Å². The van der Waals surface area contributed by atoms with E-state index in [0.29, 0.717) is 0 Å². The van der Waals surface area contributed by atoms with Crippen molar-refractivity contribution < 1.29 is 37.7 Å². The van der Waals surface area contributed by atoms with Gasteiger partial charge in [-0.2, -0.15) is 0 Å². The van der Waals surface area contributed by atoms with Crippen molar-refractivity contribution in [3.05, 3.63) is 59.7 Å². The van der Waals surface area contributed by atoms with Crippen LogP contribution >= 0.6 is 0 Å². The normalized spacial score (nSPS) is 18.4. The fraction of sp³-hybridized carbons (Fsp3) is 0.400. The highest BCUT2D eigenvalue weighted by atomic mass is 19.3. The Bertz CT molecular complexity index is 1050. The lowest BCUT2D eigenvalue weighted by Crippen LogP contribution is -2.50. The fourth-order valence-electron chi connectivity index (χ4n) is 4.59. The molecule has 0 radical (unpaired) electrons. The van der Waals surface area contributed by atoms with Gasteiger partial charge < -0.3 is 24.8 Å². The first-order valence-corrected chi connectivity index (χ1v) is 11.4. The molecule has 2 atom stereocenters. The number of benzene rings is 2. The number of hydrogen-bond acceptors (Lipinski definition) is 5. The Morgan fingerprint density at radius 1 is 1.06 bits per heavy atom. The molecule has 0 bridgehead atoms. The van der Waals surface area contributed by atoms with Crippen molar-refractivity contribution in [1.82, 2.24) is 10.2 Å². The molecule has 2 N–H and O–H groups in total. The smallest absolute Gasteiger partial charge is 0.407 e. The van der Waals surface area contributed by atoms with Gasteiger partial charge in [0, 0.05) is 19.0 Å². The van der Waals surface area contributed by atoms with Crippen molar-refractivity contribution in [2.24, 2.45) is 0 Å². The molecule has 4 rings (SSSR count). The summed E-state index contributed by atoms with van der Waals surface area (Å²) in [6, 6.07) is 14.2. The summed E-state index contributed by atoms with van der Waals surface area (Å²) in [5, 5.41) is 11.6. The summed E-state index contributed by atoms with van der Waals surface area (Å²) in [7, 11) is 0. The van der Waals surface area contributed by atoms with Gasteiger partial charge >= 0.3 is 12.1 Å². The average molecular weight is 488 g/mol. The Balaban J connectivity index is 1.40. The van der Waals surface area contributed by atoms with E-state index in [0.717, 1.165) is 22.3 Å². The predicted molar refractivity (Wildman–Crippen MR) is 121 cm³/mol. The summed E-state index contributed by atoms with van der Waals surface area (Å²) >= 11 is 0. The van der Waals surface area contributed by atoms with Crippen LogP contribution in [0.3, 0.4) is 0 Å². The number of alkyl halides is 2. The van der Waals surface area contributed by atoms with Crippen LogP contribution in [-0.4, -0.2) is 72.9 Å². The van der Waals surface area contributed by atoms with E-state index in [4.69, 9.17) is 9.47 Å². The second-order valence-electron chi connectivity index (χ2n) is 8.48. The minimum absolute atomic E-state index is 0.00145. The summed E-state index contributed by atoms with van der Waals surface area (Å²) in [4.78, 5) is 38.1. The molecular weight excluding hydrogens is 462 g/mol. The molecule has 1 saturated heterocycles. The van der Waals surface area contributed by atoms with Gasteiger partial charge in [-0.25, -0.2) is 13.6 Å². The third-order valence-electron chi connectivity index (χ3n) is 6.28. The quantitative estimate of drug-likeness (QED) is 0.620. The number of amides is 2. The lowest BCUT2D eigenvalue weighted by atomic mass is 9.98. The highest BCUT2D eigenvalue weighted by molar-refractivity contribution is 5.89. The Hall–Kier alpha value is -3.53. The third-order valence-corrected chi connectivity index (χ3v) is 6.28. The van der Waals surface area contributed by atoms with Gasteiger partial charge in [0.2, 0.25) is 5.91 Å². The molecule has 2 aromatic rings. The molecule has 0 aromatic heterocycles. The first-order valence-electron chi connectivity index (χ1n) is 11.4. The number of fused-ring (bicyclic) bond motifs is 3. The van der Waals surface area contributed by atoms with E-state index in [-0.39, 0.29) is 38.6 Å². The van der Waals surface area contributed by atoms with E-state index in [1.165, 1.54) is 4.90 Å². The molecule has 35 heavy (non-hydrogen) atoms. The summed E-state index contributed by atoms with van der Waals surface area (Å²) in [6.07, 6.45) is -5.66. The lowest BCUT2D eigenvalue weighted by Gasteiger charge is -2.25. The molecule has 2 amide bonds. The van der Waals surface area contributed by atoms with Gasteiger partial charge in [0.15, 0.2) is 0 Å². The number of rotatable bonds is 7. The second-order valence-corrected chi connectivity index (χ2v) is 8.48. The van der Waals surface area contributed by atoms with E-state index < -0.39 is 43.0 Å². The molecular formula is C25H26F2N2O6. The van der Waals surface area contributed by atoms with E-state index in [1.54, 1.807) is 0 Å². The van der Waals surface area contributed by atoms with Gasteiger partial charge in [0.05, 0.1) is 13.0 Å². The molecule has 8 nitrogen and oxygen atoms in total. The summed E-state index contributed by atoms with van der Waals surface area (Å²) in [6.45, 7) is -0.117. The second kappa shape index (κ2) is 10.8. The topological polar surface area (TPSA) is 105 Å². The maximum absolute atomic E-state index is 13.0. The zero-order valence-corrected chi connectivity index (χ0v) is 18.9. The highest BCUT2D eigenvalue weighted by Gasteiger charge is 2.33. The van der Waals surface area contributed by atoms with Crippen molar-refractivity contribution >= 4 is 18.0 Å². The molecule has 0 saturated carbocycles. The van der Waals surface area contributed by atoms with Crippen molar-refractivity contribution in [2.75, 3.05) is 26.3 Å². The Morgan fingerprint density at radius 2 is 1.69 bits per heavy atom. The van der Waals surface area contributed by atoms with Crippen molar-refractivity contribution in [2.45, 2.75) is 37.3 Å². The number of halogens is 2. The van der Waals surface area contributed by atoms with Crippen molar-refractivity contribution in [3.8, 4) is 11.1 Å². The maximum atomic E-state index is 13.0. The van der Waals surface area contributed by atoms with Crippen LogP contribution in [0.25, 0.3) is 11.1 Å². The molecule has 2 aromatic carbocycles. The Morgan fingerprint density at radius 3 is 2.29 bits per heavy atom. The minimum Gasteiger partial charge on any atom is -0.481 e. The number of carboxylic acids is 1. The van der Waals surface area contributed by atoms with E-state index in [2.05, 4.69) is 5.32 Å². The van der Waals surface area contributed by atoms with Gasteiger partial charge in [-0.15, -0.1) is 0 Å². The first-order chi connectivity index (χ1) is 16.8. The molecule has 1 aliphatic heterocycles. The van der Waals surface area contributed by atoms with Gasteiger partial charge in [0.1, 0.15) is 18.8 Å². The van der Waals surface area contributed by atoms with Crippen LogP contribution in [0.15, 0.2) is 48.5 Å². The van der Waals surface area contributed by atoms with E-state index in [9.17, 15) is 28.3 Å². The van der Waals surface area contributed by atoms with Crippen LogP contribution in [-0.2, 0) is 19.1 Å². The van der Waals surface area contributed by atoms with Crippen LogP contribution in [0.4, 0.5) is 13.6 Å². The molecule has 1 aliphatic carbocycles. The molecule has 2 unspecified atom stereocenters. The minimum atomic E-state index is -2.68. The van der Waals surface area contributed by atoms with Gasteiger partial charge in [-0.05, 0) is 28.7 Å². The number of ether oxygens (including phenoxy) is 2. The zero-order chi connectivity index (χ0) is 24.9. The molecule has 2 aliphatic rings. The third kappa shape index (κ3) is 5.59. The van der Waals surface area contributed by atoms with Gasteiger partial charge in [-0.3, -0.25) is 9.59 Å². The van der Waals surface area contributed by atoms with Crippen LogP contribution in [0, 0.1) is 0 Å². The molecule has 1 heterocycles. The number of nitrogens with zero attached hydrogens (tertiary/aromatic N) is 1. The number of carbonyl (C=O) groups excluding carboxylic acids is 2. The fourth-order valence-corrected chi connectivity index (χ4v) is 4.59. The molecule has 10 heteroatoms. The van der Waals surface area contributed by atoms with Gasteiger partial charge in [0.25, 0.3) is 6.43 Å². The average Bonchev–Trinajstić information content (AvgIpc) is 2.97. The SMILES string of the molecule is O=C(O)CC(NC(=O)OCC1c2ccccc2-c2ccccc21)C(=O)N1CCOC(C(F)F)CC1. The van der Waals surface area contributed by atoms with Crippen LogP contribution in [0.1, 0.15) is 29.9 Å². The molecule has 0 spiro atoms. The molecule has 1 fully saturated rings. The van der Waals surface area contributed by atoms with Crippen molar-refractivity contribution in [1.29, 1.82) is 0 Å².